The molecule has 1 heterocycles. The van der Waals surface area contributed by atoms with Gasteiger partial charge in [0.25, 0.3) is 0 Å². The summed E-state index contributed by atoms with van der Waals surface area (Å²) in [7, 11) is 0. The lowest BCUT2D eigenvalue weighted by Crippen LogP contribution is -2.63. The summed E-state index contributed by atoms with van der Waals surface area (Å²) in [6.07, 6.45) is 9.20. The molecule has 1 amide bonds. The second-order valence-corrected chi connectivity index (χ2v) is 5.71. The zero-order chi connectivity index (χ0) is 13.0. The summed E-state index contributed by atoms with van der Waals surface area (Å²) in [4.78, 5) is 14.8. The van der Waals surface area contributed by atoms with E-state index in [1.807, 2.05) is 6.92 Å². The predicted molar refractivity (Wildman–Crippen MR) is 74.4 cm³/mol. The highest BCUT2D eigenvalue weighted by Crippen LogP contribution is 2.35. The monoisotopic (exact) mass is 250 g/mol. The van der Waals surface area contributed by atoms with E-state index in [0.717, 1.165) is 31.6 Å². The van der Waals surface area contributed by atoms with Crippen molar-refractivity contribution in [2.24, 2.45) is 0 Å². The van der Waals surface area contributed by atoms with Crippen LogP contribution < -0.4 is 5.32 Å². The summed E-state index contributed by atoms with van der Waals surface area (Å²) in [6, 6.07) is 0. The molecule has 1 saturated heterocycles. The molecule has 2 aliphatic rings. The van der Waals surface area contributed by atoms with E-state index in [0.29, 0.717) is 0 Å². The molecule has 0 radical (unpaired) electrons. The second-order valence-electron chi connectivity index (χ2n) is 5.71. The lowest BCUT2D eigenvalue weighted by molar-refractivity contribution is -0.136. The summed E-state index contributed by atoms with van der Waals surface area (Å²) >= 11 is 0. The van der Waals surface area contributed by atoms with Gasteiger partial charge in [-0.25, -0.2) is 0 Å². The van der Waals surface area contributed by atoms with Gasteiger partial charge in [-0.15, -0.1) is 0 Å². The minimum absolute atomic E-state index is 0.108. The van der Waals surface area contributed by atoms with Crippen molar-refractivity contribution in [3.8, 4) is 0 Å². The number of amides is 1. The number of hydrogen-bond acceptors (Lipinski definition) is 2. The highest BCUT2D eigenvalue weighted by molar-refractivity contribution is 5.93. The van der Waals surface area contributed by atoms with Gasteiger partial charge in [0.1, 0.15) is 0 Å². The van der Waals surface area contributed by atoms with E-state index in [4.69, 9.17) is 0 Å². The summed E-state index contributed by atoms with van der Waals surface area (Å²) in [5.74, 6) is 0.264. The van der Waals surface area contributed by atoms with Crippen LogP contribution in [0.3, 0.4) is 0 Å². The Morgan fingerprint density at radius 2 is 2.06 bits per heavy atom. The average Bonchev–Trinajstić information content (AvgIpc) is 2.40. The largest absolute Gasteiger partial charge is 0.331 e. The van der Waals surface area contributed by atoms with E-state index in [1.165, 1.54) is 32.1 Å². The van der Waals surface area contributed by atoms with Crippen LogP contribution in [0, 0.1) is 0 Å². The number of piperazine rings is 1. The minimum atomic E-state index is 0.108. The Morgan fingerprint density at radius 3 is 2.72 bits per heavy atom. The quantitative estimate of drug-likeness (QED) is 0.764. The van der Waals surface area contributed by atoms with Crippen LogP contribution >= 0.6 is 0 Å². The van der Waals surface area contributed by atoms with E-state index in [-0.39, 0.29) is 11.4 Å². The Bertz CT molecular complexity index is 321. The fraction of sp³-hybridized carbons (Fsp3) is 0.800. The van der Waals surface area contributed by atoms with Crippen molar-refractivity contribution in [2.75, 3.05) is 19.6 Å². The van der Waals surface area contributed by atoms with Crippen molar-refractivity contribution in [1.29, 1.82) is 0 Å². The Morgan fingerprint density at radius 1 is 1.33 bits per heavy atom. The van der Waals surface area contributed by atoms with Crippen molar-refractivity contribution in [3.63, 3.8) is 0 Å². The molecule has 1 aliphatic carbocycles. The molecular weight excluding hydrogens is 224 g/mol. The number of hydrogen-bond donors (Lipinski definition) is 1. The summed E-state index contributed by atoms with van der Waals surface area (Å²) < 4.78 is 0. The fourth-order valence-electron chi connectivity index (χ4n) is 3.42. The second kappa shape index (κ2) is 5.87. The van der Waals surface area contributed by atoms with Crippen molar-refractivity contribution < 1.29 is 4.79 Å². The van der Waals surface area contributed by atoms with E-state index in [2.05, 4.69) is 23.2 Å². The topological polar surface area (TPSA) is 32.3 Å². The van der Waals surface area contributed by atoms with Gasteiger partial charge in [-0.05, 0) is 26.2 Å². The molecule has 1 spiro atoms. The Hall–Kier alpha value is -0.830. The molecule has 102 valence electrons. The molecule has 1 N–H and O–H groups in total. The van der Waals surface area contributed by atoms with E-state index in [9.17, 15) is 4.79 Å². The van der Waals surface area contributed by atoms with Gasteiger partial charge in [-0.2, -0.15) is 0 Å². The normalized spacial score (nSPS) is 24.3. The standard InChI is InChI=1S/C15H26N2O/c1-3-7-13(2)14(18)17-11-10-16-12-15(17)8-5-4-6-9-15/h7,16H,3-6,8-12H2,1-2H3/b13-7+. The zero-order valence-corrected chi connectivity index (χ0v) is 11.8. The number of allylic oxidation sites excluding steroid dienone is 1. The molecule has 18 heavy (non-hydrogen) atoms. The molecule has 0 bridgehead atoms. The van der Waals surface area contributed by atoms with Gasteiger partial charge in [0, 0.05) is 25.2 Å². The SMILES string of the molecule is CC/C=C(\C)C(=O)N1CCNCC12CCCCC2. The average molecular weight is 250 g/mol. The molecule has 0 aromatic carbocycles. The first-order valence-electron chi connectivity index (χ1n) is 7.39. The molecule has 1 aliphatic heterocycles. The van der Waals surface area contributed by atoms with Crippen LogP contribution in [0.4, 0.5) is 0 Å². The van der Waals surface area contributed by atoms with Gasteiger partial charge < -0.3 is 10.2 Å². The van der Waals surface area contributed by atoms with Crippen LogP contribution in [-0.4, -0.2) is 36.0 Å². The third kappa shape index (κ3) is 2.61. The number of nitrogens with one attached hydrogen (secondary N) is 1. The van der Waals surface area contributed by atoms with Gasteiger partial charge in [0.2, 0.25) is 5.91 Å². The first-order valence-corrected chi connectivity index (χ1v) is 7.39. The van der Waals surface area contributed by atoms with Gasteiger partial charge in [-0.3, -0.25) is 4.79 Å². The van der Waals surface area contributed by atoms with Crippen LogP contribution in [0.15, 0.2) is 11.6 Å². The van der Waals surface area contributed by atoms with E-state index in [1.54, 1.807) is 0 Å². The fourth-order valence-corrected chi connectivity index (χ4v) is 3.42. The number of nitrogens with zero attached hydrogens (tertiary/aromatic N) is 1. The minimum Gasteiger partial charge on any atom is -0.331 e. The van der Waals surface area contributed by atoms with Crippen LogP contribution in [0.5, 0.6) is 0 Å². The molecule has 0 atom stereocenters. The van der Waals surface area contributed by atoms with Crippen LogP contribution in [0.1, 0.15) is 52.4 Å². The first kappa shape index (κ1) is 13.6. The summed E-state index contributed by atoms with van der Waals surface area (Å²) in [6.45, 7) is 6.84. The number of rotatable bonds is 2. The molecule has 3 heteroatoms. The molecule has 1 saturated carbocycles. The Labute approximate surface area is 111 Å². The smallest absolute Gasteiger partial charge is 0.249 e. The first-order chi connectivity index (χ1) is 8.69. The molecule has 0 aromatic rings. The van der Waals surface area contributed by atoms with Crippen molar-refractivity contribution >= 4 is 5.91 Å². The van der Waals surface area contributed by atoms with Crippen molar-refractivity contribution in [3.05, 3.63) is 11.6 Å². The number of carbonyl (C=O) groups excluding carboxylic acids is 1. The van der Waals surface area contributed by atoms with E-state index >= 15 is 0 Å². The van der Waals surface area contributed by atoms with Gasteiger partial charge in [0.05, 0.1) is 5.54 Å². The van der Waals surface area contributed by atoms with Gasteiger partial charge in [0.15, 0.2) is 0 Å². The van der Waals surface area contributed by atoms with Crippen LogP contribution in [-0.2, 0) is 4.79 Å². The molecule has 0 aromatic heterocycles. The third-order valence-corrected chi connectivity index (χ3v) is 4.42. The molecule has 2 fully saturated rings. The maximum absolute atomic E-state index is 12.6. The maximum Gasteiger partial charge on any atom is 0.249 e. The Balaban J connectivity index is 2.17. The van der Waals surface area contributed by atoms with Crippen LogP contribution in [0.25, 0.3) is 0 Å². The van der Waals surface area contributed by atoms with Crippen molar-refractivity contribution in [1.82, 2.24) is 10.2 Å². The molecular formula is C15H26N2O. The molecule has 0 unspecified atom stereocenters. The Kier molecular flexibility index (Phi) is 4.44. The zero-order valence-electron chi connectivity index (χ0n) is 11.8. The molecule has 2 rings (SSSR count). The lowest BCUT2D eigenvalue weighted by atomic mass is 9.78. The molecule has 3 nitrogen and oxygen atoms in total. The van der Waals surface area contributed by atoms with Crippen LogP contribution in [0.2, 0.25) is 0 Å². The number of carbonyl (C=O) groups is 1. The highest BCUT2D eigenvalue weighted by atomic mass is 16.2. The van der Waals surface area contributed by atoms with Gasteiger partial charge in [-0.1, -0.05) is 32.3 Å². The van der Waals surface area contributed by atoms with Gasteiger partial charge >= 0.3 is 0 Å². The predicted octanol–water partition coefficient (Wildman–Crippen LogP) is 2.48. The summed E-state index contributed by atoms with van der Waals surface area (Å²) in [5, 5.41) is 3.49. The third-order valence-electron chi connectivity index (χ3n) is 4.42. The maximum atomic E-state index is 12.6. The summed E-state index contributed by atoms with van der Waals surface area (Å²) in [5.41, 5.74) is 1.03. The van der Waals surface area contributed by atoms with Crippen molar-refractivity contribution in [2.45, 2.75) is 57.9 Å². The highest BCUT2D eigenvalue weighted by Gasteiger charge is 2.42. The van der Waals surface area contributed by atoms with E-state index < -0.39 is 0 Å². The lowest BCUT2D eigenvalue weighted by Gasteiger charge is -2.50.